The Labute approximate surface area is 358 Å². The number of nitrogens with zero attached hydrogens (tertiary/aromatic N) is 1. The molecule has 2 heterocycles. The third-order valence-corrected chi connectivity index (χ3v) is 14.1. The Balaban J connectivity index is 0.000000194. The summed E-state index contributed by atoms with van der Waals surface area (Å²) in [6, 6.07) is 21.7. The Morgan fingerprint density at radius 2 is 1.21 bits per heavy atom. The van der Waals surface area contributed by atoms with Gasteiger partial charge in [0.1, 0.15) is 16.4 Å². The lowest BCUT2D eigenvalue weighted by Crippen LogP contribution is -2.32. The van der Waals surface area contributed by atoms with E-state index >= 15 is 0 Å². The number of methoxy groups -OCH3 is 4. The molecule has 10 nitrogen and oxygen atoms in total. The summed E-state index contributed by atoms with van der Waals surface area (Å²) in [5.41, 5.74) is 3.18. The molecule has 0 spiro atoms. The van der Waals surface area contributed by atoms with Gasteiger partial charge in [0.15, 0.2) is 28.6 Å². The van der Waals surface area contributed by atoms with Crippen molar-refractivity contribution in [3.8, 4) is 34.5 Å². The van der Waals surface area contributed by atoms with Crippen molar-refractivity contribution in [3.05, 3.63) is 136 Å². The van der Waals surface area contributed by atoms with Gasteiger partial charge in [-0.1, -0.05) is 24.3 Å². The van der Waals surface area contributed by atoms with E-state index in [2.05, 4.69) is 68.7 Å². The fraction of sp³-hybridized carbons (Fsp3) is 0.195. The van der Waals surface area contributed by atoms with Gasteiger partial charge in [-0.15, -0.1) is 0 Å². The lowest BCUT2D eigenvalue weighted by Gasteiger charge is -2.33. The maximum absolute atomic E-state index is 13.1. The van der Waals surface area contributed by atoms with Gasteiger partial charge in [-0.05, 0) is 159 Å². The predicted octanol–water partition coefficient (Wildman–Crippen LogP) is 10.6. The van der Waals surface area contributed by atoms with E-state index in [0.717, 1.165) is 22.0 Å². The minimum absolute atomic E-state index is 0.00433. The van der Waals surface area contributed by atoms with E-state index < -0.39 is 15.7 Å². The lowest BCUT2D eigenvalue weighted by atomic mass is 9.77. The zero-order valence-corrected chi connectivity index (χ0v) is 38.0. The highest BCUT2D eigenvalue weighted by Gasteiger charge is 2.53. The van der Waals surface area contributed by atoms with Crippen LogP contribution >= 0.6 is 63.7 Å². The van der Waals surface area contributed by atoms with Crippen LogP contribution in [0.1, 0.15) is 39.1 Å². The first-order valence-corrected chi connectivity index (χ1v) is 21.3. The van der Waals surface area contributed by atoms with Crippen molar-refractivity contribution >= 4 is 84.6 Å². The molecule has 0 fully saturated rings. The monoisotopic (exact) mass is 1030 g/mol. The molecule has 0 radical (unpaired) electrons. The number of phenolic OH excluding ortho intramolecular Hbond substituents is 2. The van der Waals surface area contributed by atoms with Crippen molar-refractivity contribution < 1.29 is 41.8 Å². The molecule has 5 aromatic carbocycles. The van der Waals surface area contributed by atoms with Crippen molar-refractivity contribution in [3.63, 3.8) is 0 Å². The number of benzene rings is 5. The molecular weight excluding hydrogens is 1000 g/mol. The van der Waals surface area contributed by atoms with Crippen LogP contribution in [-0.2, 0) is 26.3 Å². The Hall–Kier alpha value is -3.86. The van der Waals surface area contributed by atoms with E-state index in [1.807, 2.05) is 42.6 Å². The fourth-order valence-corrected chi connectivity index (χ4v) is 10.4. The second kappa shape index (κ2) is 16.5. The second-order valence-electron chi connectivity index (χ2n) is 12.7. The van der Waals surface area contributed by atoms with E-state index in [-0.39, 0.29) is 16.4 Å². The summed E-state index contributed by atoms with van der Waals surface area (Å²) in [6.45, 7) is 3.54. The smallest absolute Gasteiger partial charge is 0.298 e. The molecule has 15 heteroatoms. The van der Waals surface area contributed by atoms with Gasteiger partial charge in [-0.2, -0.15) is 8.42 Å². The Morgan fingerprint density at radius 1 is 0.679 bits per heavy atom. The first-order chi connectivity index (χ1) is 26.6. The van der Waals surface area contributed by atoms with Crippen LogP contribution in [0.3, 0.4) is 0 Å². The largest absolute Gasteiger partial charge is 0.506 e. The highest BCUT2D eigenvalue weighted by atomic mass is 79.9. The molecule has 6 aromatic rings. The maximum Gasteiger partial charge on any atom is 0.298 e. The second-order valence-corrected chi connectivity index (χ2v) is 17.5. The number of fused-ring (bicyclic) bond motifs is 2. The number of ether oxygens (including phenoxy) is 4. The van der Waals surface area contributed by atoms with Gasteiger partial charge >= 0.3 is 0 Å². The lowest BCUT2D eigenvalue weighted by molar-refractivity contribution is 0.178. The number of hydrogen-bond acceptors (Lipinski definition) is 10. The van der Waals surface area contributed by atoms with Gasteiger partial charge < -0.3 is 29.2 Å². The summed E-state index contributed by atoms with van der Waals surface area (Å²) < 4.78 is 55.3. The molecular formula is C41H35Br4NO9S. The van der Waals surface area contributed by atoms with Crippen LogP contribution in [0.25, 0.3) is 10.8 Å². The summed E-state index contributed by atoms with van der Waals surface area (Å²) in [5.74, 6) is 2.81. The molecule has 292 valence electrons. The van der Waals surface area contributed by atoms with E-state index in [1.165, 1.54) is 6.07 Å². The molecule has 0 atom stereocenters. The minimum Gasteiger partial charge on any atom is -0.506 e. The number of aromatic hydroxyl groups is 2. The topological polar surface area (TPSA) is 134 Å². The Bertz CT molecular complexity index is 2550. The van der Waals surface area contributed by atoms with Crippen molar-refractivity contribution in [2.24, 2.45) is 0 Å². The van der Waals surface area contributed by atoms with Crippen LogP contribution in [0.15, 0.2) is 102 Å². The minimum atomic E-state index is -4.10. The Morgan fingerprint density at radius 3 is 1.79 bits per heavy atom. The summed E-state index contributed by atoms with van der Waals surface area (Å²) in [4.78, 5) is 4.63. The third kappa shape index (κ3) is 7.37. The maximum atomic E-state index is 13.1. The fourth-order valence-electron chi connectivity index (χ4n) is 6.78. The van der Waals surface area contributed by atoms with E-state index in [1.54, 1.807) is 72.6 Å². The van der Waals surface area contributed by atoms with E-state index in [4.69, 9.17) is 23.1 Å². The summed E-state index contributed by atoms with van der Waals surface area (Å²) >= 11 is 13.5. The van der Waals surface area contributed by atoms with Gasteiger partial charge in [0.2, 0.25) is 0 Å². The van der Waals surface area contributed by atoms with Crippen LogP contribution in [0.5, 0.6) is 34.5 Å². The molecule has 1 aromatic heterocycles. The predicted molar refractivity (Wildman–Crippen MR) is 228 cm³/mol. The van der Waals surface area contributed by atoms with Crippen LogP contribution < -0.4 is 18.9 Å². The number of aromatic nitrogens is 1. The molecule has 0 amide bonds. The normalized spacial score (nSPS) is 13.8. The van der Waals surface area contributed by atoms with Gasteiger partial charge in [0.05, 0.1) is 52.0 Å². The summed E-state index contributed by atoms with van der Waals surface area (Å²) in [5, 5.41) is 22.9. The molecule has 1 aliphatic heterocycles. The average Bonchev–Trinajstić information content (AvgIpc) is 3.45. The van der Waals surface area contributed by atoms with Crippen LogP contribution in [0, 0.1) is 13.8 Å². The molecule has 0 saturated heterocycles. The first kappa shape index (κ1) is 41.8. The Kier molecular flexibility index (Phi) is 12.3. The number of rotatable bonds is 8. The van der Waals surface area contributed by atoms with Crippen LogP contribution in [0.4, 0.5) is 0 Å². The van der Waals surface area contributed by atoms with E-state index in [9.17, 15) is 18.6 Å². The number of pyridine rings is 1. The number of hydrogen-bond donors (Lipinski definition) is 2. The molecule has 0 aliphatic carbocycles. The number of phenols is 2. The SMILES string of the molecule is COc1ccc(Cc2nccc3cc(OC)c(OC)cc23)cc1OC.Cc1c(C2(c3cc(Br)c(O)c(Br)c3C)OS(=O)(=O)c3ccccc32)cc(Br)c(O)c1Br. The van der Waals surface area contributed by atoms with Gasteiger partial charge in [0.25, 0.3) is 10.1 Å². The van der Waals surface area contributed by atoms with Crippen molar-refractivity contribution in [2.75, 3.05) is 28.4 Å². The molecule has 0 bridgehead atoms. The number of halogens is 4. The third-order valence-electron chi connectivity index (χ3n) is 9.58. The van der Waals surface area contributed by atoms with Crippen LogP contribution in [-0.4, -0.2) is 52.1 Å². The molecule has 7 rings (SSSR count). The zero-order chi connectivity index (χ0) is 40.7. The van der Waals surface area contributed by atoms with Crippen molar-refractivity contribution in [2.45, 2.75) is 30.8 Å². The van der Waals surface area contributed by atoms with Crippen molar-refractivity contribution in [1.29, 1.82) is 0 Å². The highest BCUT2D eigenvalue weighted by Crippen LogP contribution is 2.56. The molecule has 56 heavy (non-hydrogen) atoms. The van der Waals surface area contributed by atoms with E-state index in [0.29, 0.717) is 75.1 Å². The molecule has 2 N–H and O–H groups in total. The van der Waals surface area contributed by atoms with Gasteiger partial charge in [-0.25, -0.2) is 4.18 Å². The quantitative estimate of drug-likeness (QED) is 0.142. The molecule has 0 saturated carbocycles. The first-order valence-electron chi connectivity index (χ1n) is 16.7. The summed E-state index contributed by atoms with van der Waals surface area (Å²) in [6.07, 6.45) is 2.48. The zero-order valence-electron chi connectivity index (χ0n) is 30.8. The molecule has 0 unspecified atom stereocenters. The summed E-state index contributed by atoms with van der Waals surface area (Å²) in [7, 11) is 2.43. The van der Waals surface area contributed by atoms with Gasteiger partial charge in [0, 0.05) is 23.6 Å². The van der Waals surface area contributed by atoms with Gasteiger partial charge in [-0.3, -0.25) is 4.98 Å². The highest BCUT2D eigenvalue weighted by molar-refractivity contribution is 9.11. The average molecular weight is 1040 g/mol. The molecule has 1 aliphatic rings. The standard InChI is InChI=1S/C21H14Br4O5S.C20H21NO4/c1-9-12(7-14(22)19(26)17(9)24)21(13-8-15(23)20(27)18(25)10(13)2)11-5-3-4-6-16(11)31(28,29)30-21;1-22-17-6-5-13(10-18(17)23-2)9-16-15-12-20(25-4)19(24-3)11-14(15)7-8-21-16/h3-8,26-27H,1-2H3;5-8,10-12H,9H2,1-4H3. The van der Waals surface area contributed by atoms with Crippen molar-refractivity contribution in [1.82, 2.24) is 4.98 Å². The van der Waals surface area contributed by atoms with Crippen LogP contribution in [0.2, 0.25) is 0 Å².